The number of rotatable bonds is 5. The predicted molar refractivity (Wildman–Crippen MR) is 73.8 cm³/mol. The molecule has 8 heteroatoms. The zero-order valence-corrected chi connectivity index (χ0v) is 11.9. The molecule has 0 unspecified atom stereocenters. The van der Waals surface area contributed by atoms with Crippen molar-refractivity contribution in [3.05, 3.63) is 30.5 Å². The van der Waals surface area contributed by atoms with Gasteiger partial charge in [0.25, 0.3) is 11.0 Å². The molecule has 108 valence electrons. The van der Waals surface area contributed by atoms with Crippen molar-refractivity contribution in [2.24, 2.45) is 0 Å². The zero-order valence-electron chi connectivity index (χ0n) is 11.0. The van der Waals surface area contributed by atoms with Gasteiger partial charge in [0, 0.05) is 24.1 Å². The summed E-state index contributed by atoms with van der Waals surface area (Å²) in [5.41, 5.74) is 1.44. The van der Waals surface area contributed by atoms with Gasteiger partial charge in [-0.25, -0.2) is 13.5 Å². The molecule has 0 atom stereocenters. The third-order valence-corrected chi connectivity index (χ3v) is 3.21. The van der Waals surface area contributed by atoms with E-state index in [1.54, 1.807) is 29.0 Å². The molecular formula is C12H14N2O5S. The first-order chi connectivity index (χ1) is 9.51. The molecule has 2 rings (SSSR count). The Bertz CT molecular complexity index is 699. The van der Waals surface area contributed by atoms with Gasteiger partial charge >= 0.3 is 5.97 Å². The zero-order chi connectivity index (χ0) is 14.7. The van der Waals surface area contributed by atoms with E-state index in [1.165, 1.54) is 14.2 Å². The highest BCUT2D eigenvalue weighted by Crippen LogP contribution is 2.22. The minimum atomic E-state index is -2.96. The number of hydrogen-bond acceptors (Lipinski definition) is 6. The van der Waals surface area contributed by atoms with E-state index in [-0.39, 0.29) is 12.5 Å². The summed E-state index contributed by atoms with van der Waals surface area (Å²) in [7, 11) is -0.122. The molecular weight excluding hydrogens is 284 g/mol. The van der Waals surface area contributed by atoms with Crippen molar-refractivity contribution >= 4 is 33.5 Å². The van der Waals surface area contributed by atoms with Gasteiger partial charge in [-0.2, -0.15) is 4.28 Å². The Morgan fingerprint density at radius 2 is 2.10 bits per heavy atom. The summed E-state index contributed by atoms with van der Waals surface area (Å²) in [5.74, 6) is -0.338. The topological polar surface area (TPSA) is 77.8 Å². The molecule has 0 aliphatic carbocycles. The molecule has 1 heterocycles. The molecule has 7 nitrogen and oxygen atoms in total. The second-order valence-corrected chi connectivity index (χ2v) is 4.68. The maximum absolute atomic E-state index is 11.3. The van der Waals surface area contributed by atoms with Crippen molar-refractivity contribution in [1.82, 2.24) is 4.57 Å². The Kier molecular flexibility index (Phi) is 4.26. The summed E-state index contributed by atoms with van der Waals surface area (Å²) in [5, 5.41) is 2.02. The number of aromatic nitrogens is 1. The lowest BCUT2D eigenvalue weighted by Crippen LogP contribution is -2.16. The SMILES string of the molecule is COC(=O)Cn1ccc2cc(N(C)O[SH](=O)=O)ccc21. The van der Waals surface area contributed by atoms with Gasteiger partial charge in [0.05, 0.1) is 12.8 Å². The Hall–Kier alpha value is -2.06. The fourth-order valence-electron chi connectivity index (χ4n) is 1.87. The highest BCUT2D eigenvalue weighted by molar-refractivity contribution is 7.67. The van der Waals surface area contributed by atoms with Gasteiger partial charge in [0.15, 0.2) is 0 Å². The van der Waals surface area contributed by atoms with Crippen molar-refractivity contribution in [2.45, 2.75) is 6.54 Å². The molecule has 0 radical (unpaired) electrons. The molecule has 1 aromatic carbocycles. The van der Waals surface area contributed by atoms with Crippen LogP contribution in [0.1, 0.15) is 0 Å². The number of fused-ring (bicyclic) bond motifs is 1. The predicted octanol–water partition coefficient (Wildman–Crippen LogP) is 0.708. The van der Waals surface area contributed by atoms with Crippen molar-refractivity contribution in [1.29, 1.82) is 0 Å². The molecule has 0 spiro atoms. The Morgan fingerprint density at radius 1 is 1.35 bits per heavy atom. The van der Waals surface area contributed by atoms with Crippen LogP contribution >= 0.6 is 0 Å². The third-order valence-electron chi connectivity index (χ3n) is 2.83. The largest absolute Gasteiger partial charge is 0.468 e. The Balaban J connectivity index is 2.30. The van der Waals surface area contributed by atoms with Gasteiger partial charge in [-0.3, -0.25) is 4.79 Å². The van der Waals surface area contributed by atoms with Crippen LogP contribution < -0.4 is 5.06 Å². The minimum Gasteiger partial charge on any atom is -0.468 e. The number of ether oxygens (including phenoxy) is 1. The van der Waals surface area contributed by atoms with E-state index in [1.807, 2.05) is 6.07 Å². The molecule has 0 N–H and O–H groups in total. The van der Waals surface area contributed by atoms with Gasteiger partial charge in [-0.1, -0.05) is 0 Å². The number of benzene rings is 1. The molecule has 0 fully saturated rings. The number of nitrogens with zero attached hydrogens (tertiary/aromatic N) is 2. The average Bonchev–Trinajstić information content (AvgIpc) is 2.80. The summed E-state index contributed by atoms with van der Waals surface area (Å²) in [6.07, 6.45) is 1.76. The molecule has 0 saturated carbocycles. The van der Waals surface area contributed by atoms with E-state index in [9.17, 15) is 13.2 Å². The lowest BCUT2D eigenvalue weighted by molar-refractivity contribution is -0.141. The molecule has 20 heavy (non-hydrogen) atoms. The second kappa shape index (κ2) is 5.93. The first kappa shape index (κ1) is 14.4. The molecule has 0 saturated heterocycles. The summed E-state index contributed by atoms with van der Waals surface area (Å²) < 4.78 is 32.0. The van der Waals surface area contributed by atoms with Crippen molar-refractivity contribution in [3.63, 3.8) is 0 Å². The summed E-state index contributed by atoms with van der Waals surface area (Å²) in [6, 6.07) is 7.08. The average molecular weight is 298 g/mol. The summed E-state index contributed by atoms with van der Waals surface area (Å²) >= 11 is 0. The lowest BCUT2D eigenvalue weighted by atomic mass is 10.2. The number of anilines is 1. The maximum Gasteiger partial charge on any atom is 0.325 e. The van der Waals surface area contributed by atoms with E-state index < -0.39 is 11.0 Å². The summed E-state index contributed by atoms with van der Waals surface area (Å²) in [6.45, 7) is 0.123. The number of thiol groups is 1. The fourth-order valence-corrected chi connectivity index (χ4v) is 2.17. The summed E-state index contributed by atoms with van der Waals surface area (Å²) in [4.78, 5) is 11.3. The molecule has 2 aromatic rings. The van der Waals surface area contributed by atoms with Crippen molar-refractivity contribution < 1.29 is 22.2 Å². The van der Waals surface area contributed by atoms with Gasteiger partial charge < -0.3 is 9.30 Å². The van der Waals surface area contributed by atoms with Crippen LogP contribution in [0.3, 0.4) is 0 Å². The normalized spacial score (nSPS) is 10.9. The van der Waals surface area contributed by atoms with Gasteiger partial charge in [-0.05, 0) is 24.3 Å². The minimum absolute atomic E-state index is 0.123. The Morgan fingerprint density at radius 3 is 2.75 bits per heavy atom. The quantitative estimate of drug-likeness (QED) is 0.497. The van der Waals surface area contributed by atoms with Crippen LogP contribution in [-0.4, -0.2) is 33.1 Å². The highest BCUT2D eigenvalue weighted by Gasteiger charge is 2.09. The van der Waals surface area contributed by atoms with Crippen LogP contribution in [0.5, 0.6) is 0 Å². The van der Waals surface area contributed by atoms with Crippen molar-refractivity contribution in [3.8, 4) is 0 Å². The number of carbonyl (C=O) groups excluding carboxylic acids is 1. The van der Waals surface area contributed by atoms with E-state index in [2.05, 4.69) is 9.02 Å². The van der Waals surface area contributed by atoms with Crippen LogP contribution in [0.4, 0.5) is 5.69 Å². The van der Waals surface area contributed by atoms with E-state index in [0.29, 0.717) is 5.69 Å². The standard InChI is InChI=1S/C12H14N2O5S/c1-13(19-20(16)17)10-3-4-11-9(7-10)5-6-14(11)8-12(15)18-2/h3-7,20H,8H2,1-2H3. The van der Waals surface area contributed by atoms with Crippen LogP contribution in [-0.2, 0) is 31.3 Å². The van der Waals surface area contributed by atoms with Gasteiger partial charge in [-0.15, -0.1) is 0 Å². The van der Waals surface area contributed by atoms with E-state index in [0.717, 1.165) is 16.0 Å². The number of esters is 1. The molecule has 0 amide bonds. The first-order valence-corrected chi connectivity index (χ1v) is 6.82. The Labute approximate surface area is 117 Å². The van der Waals surface area contributed by atoms with E-state index in [4.69, 9.17) is 0 Å². The van der Waals surface area contributed by atoms with Gasteiger partial charge in [0.1, 0.15) is 6.54 Å². The second-order valence-electron chi connectivity index (χ2n) is 4.07. The van der Waals surface area contributed by atoms with Crippen LogP contribution in [0.15, 0.2) is 30.5 Å². The smallest absolute Gasteiger partial charge is 0.325 e. The monoisotopic (exact) mass is 298 g/mol. The number of methoxy groups -OCH3 is 1. The molecule has 0 bridgehead atoms. The first-order valence-electron chi connectivity index (χ1n) is 5.73. The fraction of sp³-hybridized carbons (Fsp3) is 0.250. The van der Waals surface area contributed by atoms with Crippen LogP contribution in [0, 0.1) is 0 Å². The number of hydroxylamine groups is 1. The molecule has 0 aliphatic rings. The molecule has 0 aliphatic heterocycles. The van der Waals surface area contributed by atoms with Gasteiger partial charge in [0.2, 0.25) is 0 Å². The van der Waals surface area contributed by atoms with Crippen LogP contribution in [0.25, 0.3) is 10.9 Å². The lowest BCUT2D eigenvalue weighted by Gasteiger charge is -2.14. The van der Waals surface area contributed by atoms with Crippen molar-refractivity contribution in [2.75, 3.05) is 19.2 Å². The van der Waals surface area contributed by atoms with E-state index >= 15 is 0 Å². The van der Waals surface area contributed by atoms with Crippen LogP contribution in [0.2, 0.25) is 0 Å². The maximum atomic E-state index is 11.3. The third kappa shape index (κ3) is 3.09. The molecule has 1 aromatic heterocycles. The number of carbonyl (C=O) groups is 1. The highest BCUT2D eigenvalue weighted by atomic mass is 32.2. The number of hydrogen-bond donors (Lipinski definition) is 1.